The molecule has 10 nitrogen and oxygen atoms in total. The summed E-state index contributed by atoms with van der Waals surface area (Å²) in [7, 11) is 1.70. The van der Waals surface area contributed by atoms with Gasteiger partial charge in [-0.15, -0.1) is 0 Å². The second-order valence-corrected chi connectivity index (χ2v) is 10.4. The summed E-state index contributed by atoms with van der Waals surface area (Å²) in [6.07, 6.45) is 3.01. The number of hydrogen-bond acceptors (Lipinski definition) is 5. The second kappa shape index (κ2) is 16.4. The third-order valence-corrected chi connectivity index (χ3v) is 7.42. The first-order chi connectivity index (χ1) is 19.8. The molecule has 222 valence electrons. The van der Waals surface area contributed by atoms with E-state index in [9.17, 15) is 19.2 Å². The first kappa shape index (κ1) is 31.6. The zero-order valence-corrected chi connectivity index (χ0v) is 24.3. The number of hydrogen-bond donors (Lipinski definition) is 5. The molecule has 0 unspecified atom stereocenters. The maximum absolute atomic E-state index is 13.8. The fourth-order valence-corrected chi connectivity index (χ4v) is 4.95. The van der Waals surface area contributed by atoms with Gasteiger partial charge in [0.25, 0.3) is 0 Å². The van der Waals surface area contributed by atoms with E-state index < -0.39 is 24.2 Å². The SMILES string of the molecule is CCNC(=O)N[C@H](Cc1ccccc1)C(=O)NC[C@@H]1CCCN1C(=O)[C@H](CCc1ccccc1)NC(=O)[C@H](C)NC. The summed E-state index contributed by atoms with van der Waals surface area (Å²) in [6.45, 7) is 4.83. The highest BCUT2D eigenvalue weighted by Crippen LogP contribution is 2.19. The zero-order valence-electron chi connectivity index (χ0n) is 24.3. The van der Waals surface area contributed by atoms with Gasteiger partial charge in [-0.3, -0.25) is 14.4 Å². The Labute approximate surface area is 243 Å². The van der Waals surface area contributed by atoms with E-state index in [2.05, 4.69) is 26.6 Å². The van der Waals surface area contributed by atoms with Crippen molar-refractivity contribution in [3.63, 3.8) is 0 Å². The molecule has 4 atom stereocenters. The van der Waals surface area contributed by atoms with Crippen molar-refractivity contribution in [2.24, 2.45) is 0 Å². The summed E-state index contributed by atoms with van der Waals surface area (Å²) in [5.74, 6) is -0.685. The van der Waals surface area contributed by atoms with E-state index in [0.29, 0.717) is 32.4 Å². The minimum Gasteiger partial charge on any atom is -0.352 e. The van der Waals surface area contributed by atoms with Crippen molar-refractivity contribution in [3.05, 3.63) is 71.8 Å². The van der Waals surface area contributed by atoms with Gasteiger partial charge in [0, 0.05) is 32.1 Å². The lowest BCUT2D eigenvalue weighted by Crippen LogP contribution is -2.56. The molecule has 2 aromatic rings. The number of amides is 5. The van der Waals surface area contributed by atoms with Gasteiger partial charge in [-0.05, 0) is 57.7 Å². The molecule has 0 spiro atoms. The monoisotopic (exact) mass is 564 g/mol. The smallest absolute Gasteiger partial charge is 0.315 e. The fraction of sp³-hybridized carbons (Fsp3) is 0.484. The lowest BCUT2D eigenvalue weighted by Gasteiger charge is -2.30. The Morgan fingerprint density at radius 2 is 1.54 bits per heavy atom. The molecule has 0 radical (unpaired) electrons. The molecule has 5 amide bonds. The van der Waals surface area contributed by atoms with Crippen LogP contribution in [0.2, 0.25) is 0 Å². The van der Waals surface area contributed by atoms with Crippen molar-refractivity contribution >= 4 is 23.8 Å². The Morgan fingerprint density at radius 3 is 2.17 bits per heavy atom. The minimum absolute atomic E-state index is 0.143. The second-order valence-electron chi connectivity index (χ2n) is 10.4. The Kier molecular flexibility index (Phi) is 12.6. The molecule has 1 aliphatic rings. The van der Waals surface area contributed by atoms with Crippen LogP contribution >= 0.6 is 0 Å². The molecule has 0 saturated carbocycles. The van der Waals surface area contributed by atoms with Gasteiger partial charge in [0.2, 0.25) is 17.7 Å². The number of benzene rings is 2. The number of nitrogens with one attached hydrogen (secondary N) is 5. The summed E-state index contributed by atoms with van der Waals surface area (Å²) in [5, 5.41) is 14.3. The number of nitrogens with zero attached hydrogens (tertiary/aromatic N) is 1. The van der Waals surface area contributed by atoms with Gasteiger partial charge < -0.3 is 31.5 Å². The first-order valence-corrected chi connectivity index (χ1v) is 14.5. The van der Waals surface area contributed by atoms with Crippen LogP contribution in [0.4, 0.5) is 4.79 Å². The molecular formula is C31H44N6O4. The third kappa shape index (κ3) is 9.89. The van der Waals surface area contributed by atoms with Gasteiger partial charge in [0.1, 0.15) is 12.1 Å². The highest BCUT2D eigenvalue weighted by atomic mass is 16.2. The molecule has 5 N–H and O–H groups in total. The van der Waals surface area contributed by atoms with Crippen LogP contribution in [-0.4, -0.2) is 79.5 Å². The van der Waals surface area contributed by atoms with Crippen LogP contribution < -0.4 is 26.6 Å². The van der Waals surface area contributed by atoms with E-state index in [0.717, 1.165) is 24.0 Å². The Bertz CT molecular complexity index is 1130. The minimum atomic E-state index is -0.768. The van der Waals surface area contributed by atoms with Crippen LogP contribution in [0.5, 0.6) is 0 Å². The van der Waals surface area contributed by atoms with E-state index in [4.69, 9.17) is 0 Å². The molecule has 0 aromatic heterocycles. The zero-order chi connectivity index (χ0) is 29.6. The van der Waals surface area contributed by atoms with Crippen LogP contribution in [-0.2, 0) is 27.2 Å². The van der Waals surface area contributed by atoms with Gasteiger partial charge in [0.05, 0.1) is 6.04 Å². The topological polar surface area (TPSA) is 132 Å². The lowest BCUT2D eigenvalue weighted by molar-refractivity contribution is -0.138. The van der Waals surface area contributed by atoms with Crippen molar-refractivity contribution in [2.45, 2.75) is 70.1 Å². The Balaban J connectivity index is 1.67. The average Bonchev–Trinajstić information content (AvgIpc) is 3.46. The highest BCUT2D eigenvalue weighted by Gasteiger charge is 2.35. The van der Waals surface area contributed by atoms with Crippen LogP contribution in [0, 0.1) is 0 Å². The normalized spacial score (nSPS) is 16.8. The van der Waals surface area contributed by atoms with Crippen molar-refractivity contribution in [1.82, 2.24) is 31.5 Å². The van der Waals surface area contributed by atoms with Crippen molar-refractivity contribution < 1.29 is 19.2 Å². The van der Waals surface area contributed by atoms with Crippen molar-refractivity contribution in [1.29, 1.82) is 0 Å². The largest absolute Gasteiger partial charge is 0.352 e. The molecule has 41 heavy (non-hydrogen) atoms. The summed E-state index contributed by atoms with van der Waals surface area (Å²) in [4.78, 5) is 53.8. The summed E-state index contributed by atoms with van der Waals surface area (Å²) >= 11 is 0. The predicted molar refractivity (Wildman–Crippen MR) is 159 cm³/mol. The lowest BCUT2D eigenvalue weighted by atomic mass is 10.0. The number of urea groups is 1. The fourth-order valence-electron chi connectivity index (χ4n) is 4.95. The van der Waals surface area contributed by atoms with Crippen LogP contribution in [0.15, 0.2) is 60.7 Å². The molecule has 0 aliphatic carbocycles. The maximum Gasteiger partial charge on any atom is 0.315 e. The summed E-state index contributed by atoms with van der Waals surface area (Å²) in [5.41, 5.74) is 2.02. The molecule has 1 heterocycles. The standard InChI is InChI=1S/C31H44N6O4/c1-4-33-31(41)36-27(20-24-14-9-6-10-15-24)29(39)34-21-25-16-11-19-37(25)30(40)26(35-28(38)22(2)32-3)18-17-23-12-7-5-8-13-23/h5-10,12-15,22,25-27,32H,4,11,16-21H2,1-3H3,(H,34,39)(H,35,38)(H2,33,36,41)/t22-,25-,26-,27+/m0/s1. The molecule has 2 aromatic carbocycles. The number of rotatable bonds is 14. The number of carbonyl (C=O) groups is 4. The first-order valence-electron chi connectivity index (χ1n) is 14.5. The number of likely N-dealkylation sites (N-methyl/N-ethyl adjacent to an activating group) is 1. The molecule has 1 saturated heterocycles. The van der Waals surface area contributed by atoms with Gasteiger partial charge in [-0.1, -0.05) is 60.7 Å². The molecular weight excluding hydrogens is 520 g/mol. The van der Waals surface area contributed by atoms with Crippen LogP contribution in [0.25, 0.3) is 0 Å². The van der Waals surface area contributed by atoms with Crippen LogP contribution in [0.3, 0.4) is 0 Å². The molecule has 0 bridgehead atoms. The Morgan fingerprint density at radius 1 is 0.878 bits per heavy atom. The van der Waals surface area contributed by atoms with E-state index >= 15 is 0 Å². The summed E-state index contributed by atoms with van der Waals surface area (Å²) in [6, 6.07) is 16.9. The van der Waals surface area contributed by atoms with E-state index in [-0.39, 0.29) is 30.3 Å². The number of carbonyl (C=O) groups excluding carboxylic acids is 4. The predicted octanol–water partition coefficient (Wildman–Crippen LogP) is 1.75. The molecule has 1 aliphatic heterocycles. The van der Waals surface area contributed by atoms with E-state index in [1.807, 2.05) is 67.6 Å². The van der Waals surface area contributed by atoms with Crippen molar-refractivity contribution in [3.8, 4) is 0 Å². The van der Waals surface area contributed by atoms with Gasteiger partial charge in [0.15, 0.2) is 0 Å². The Hall–Kier alpha value is -3.92. The average molecular weight is 565 g/mol. The van der Waals surface area contributed by atoms with E-state index in [1.54, 1.807) is 18.9 Å². The third-order valence-electron chi connectivity index (χ3n) is 7.42. The number of aryl methyl sites for hydroxylation is 1. The van der Waals surface area contributed by atoms with Crippen molar-refractivity contribution in [2.75, 3.05) is 26.7 Å². The molecule has 3 rings (SSSR count). The van der Waals surface area contributed by atoms with E-state index in [1.165, 1.54) is 0 Å². The quantitative estimate of drug-likeness (QED) is 0.239. The van der Waals surface area contributed by atoms with Gasteiger partial charge >= 0.3 is 6.03 Å². The van der Waals surface area contributed by atoms with Gasteiger partial charge in [-0.2, -0.15) is 0 Å². The maximum atomic E-state index is 13.8. The van der Waals surface area contributed by atoms with Crippen LogP contribution in [0.1, 0.15) is 44.2 Å². The molecule has 1 fully saturated rings. The summed E-state index contributed by atoms with van der Waals surface area (Å²) < 4.78 is 0. The molecule has 10 heteroatoms. The number of likely N-dealkylation sites (tertiary alicyclic amines) is 1. The van der Waals surface area contributed by atoms with Gasteiger partial charge in [-0.25, -0.2) is 4.79 Å². The highest BCUT2D eigenvalue weighted by molar-refractivity contribution is 5.90.